The van der Waals surface area contributed by atoms with Gasteiger partial charge in [-0.15, -0.1) is 0 Å². The van der Waals surface area contributed by atoms with E-state index in [2.05, 4.69) is 0 Å². The molecule has 1 rings (SSSR count). The topological polar surface area (TPSA) is 42.2 Å². The van der Waals surface area contributed by atoms with Crippen molar-refractivity contribution < 1.29 is 9.50 Å². The highest BCUT2D eigenvalue weighted by atomic mass is 19.1. The number of hydrogen-bond donors (Lipinski definition) is 1. The summed E-state index contributed by atoms with van der Waals surface area (Å²) in [6, 6.07) is 2.30. The van der Waals surface area contributed by atoms with Crippen LogP contribution in [0.4, 0.5) is 4.39 Å². The molecule has 1 aromatic rings. The van der Waals surface area contributed by atoms with Crippen molar-refractivity contribution in [1.29, 1.82) is 0 Å². The van der Waals surface area contributed by atoms with Crippen molar-refractivity contribution in [3.63, 3.8) is 0 Å². The molecule has 0 unspecified atom stereocenters. The molecule has 0 aliphatic heterocycles. The van der Waals surface area contributed by atoms with Gasteiger partial charge in [-0.1, -0.05) is 0 Å². The first-order valence-corrected chi connectivity index (χ1v) is 3.71. The number of pyridine rings is 1. The van der Waals surface area contributed by atoms with Gasteiger partial charge in [-0.2, -0.15) is 0 Å². The molecule has 0 saturated heterocycles. The van der Waals surface area contributed by atoms with E-state index < -0.39 is 5.82 Å². The summed E-state index contributed by atoms with van der Waals surface area (Å²) in [6.07, 6.45) is 1.60. The highest BCUT2D eigenvalue weighted by Crippen LogP contribution is 1.92. The Morgan fingerprint density at radius 1 is 1.50 bits per heavy atom. The Balaban J connectivity index is 2.83. The average Bonchev–Trinajstić information content (AvgIpc) is 2.07. The fraction of sp³-hybridized carbons (Fsp3) is 0.375. The number of aliphatic hydroxyl groups excluding tert-OH is 1. The van der Waals surface area contributed by atoms with Crippen LogP contribution < -0.4 is 5.56 Å². The Kier molecular flexibility index (Phi) is 2.99. The molecule has 0 saturated carbocycles. The molecular formula is C8H10FNO2. The molecule has 1 heterocycles. The van der Waals surface area contributed by atoms with Gasteiger partial charge in [-0.3, -0.25) is 4.79 Å². The van der Waals surface area contributed by atoms with Gasteiger partial charge in [0, 0.05) is 25.4 Å². The van der Waals surface area contributed by atoms with Crippen LogP contribution in [0.1, 0.15) is 6.42 Å². The minimum absolute atomic E-state index is 0.00293. The molecule has 0 amide bonds. The predicted octanol–water partition coefficient (Wildman–Crippen LogP) is 0.370. The lowest BCUT2D eigenvalue weighted by atomic mass is 10.4. The first-order valence-electron chi connectivity index (χ1n) is 3.71. The fourth-order valence-electron chi connectivity index (χ4n) is 0.918. The third kappa shape index (κ3) is 2.17. The lowest BCUT2D eigenvalue weighted by Gasteiger charge is -2.02. The van der Waals surface area contributed by atoms with Gasteiger partial charge >= 0.3 is 0 Å². The van der Waals surface area contributed by atoms with Crippen LogP contribution in [-0.4, -0.2) is 16.3 Å². The minimum atomic E-state index is -0.437. The van der Waals surface area contributed by atoms with Crippen LogP contribution in [0.25, 0.3) is 0 Å². The summed E-state index contributed by atoms with van der Waals surface area (Å²) >= 11 is 0. The van der Waals surface area contributed by atoms with E-state index in [0.29, 0.717) is 13.0 Å². The zero-order valence-corrected chi connectivity index (χ0v) is 6.53. The van der Waals surface area contributed by atoms with Crippen LogP contribution >= 0.6 is 0 Å². The molecule has 1 aromatic heterocycles. The monoisotopic (exact) mass is 171 g/mol. The maximum Gasteiger partial charge on any atom is 0.250 e. The molecule has 4 heteroatoms. The number of hydrogen-bond acceptors (Lipinski definition) is 2. The zero-order chi connectivity index (χ0) is 8.97. The van der Waals surface area contributed by atoms with E-state index in [4.69, 9.17) is 5.11 Å². The molecule has 0 bridgehead atoms. The maximum atomic E-state index is 12.6. The fourth-order valence-corrected chi connectivity index (χ4v) is 0.918. The molecule has 3 nitrogen and oxygen atoms in total. The van der Waals surface area contributed by atoms with Gasteiger partial charge < -0.3 is 9.67 Å². The van der Waals surface area contributed by atoms with Gasteiger partial charge in [0.15, 0.2) is 0 Å². The summed E-state index contributed by atoms with van der Waals surface area (Å²) in [5.74, 6) is -0.437. The summed E-state index contributed by atoms with van der Waals surface area (Å²) in [5, 5.41) is 8.48. The van der Waals surface area contributed by atoms with E-state index in [0.717, 1.165) is 12.3 Å². The van der Waals surface area contributed by atoms with Gasteiger partial charge in [0.2, 0.25) is 0 Å². The van der Waals surface area contributed by atoms with Crippen LogP contribution in [0.5, 0.6) is 0 Å². The van der Waals surface area contributed by atoms with Crippen LogP contribution in [-0.2, 0) is 6.54 Å². The number of nitrogens with zero attached hydrogens (tertiary/aromatic N) is 1. The van der Waals surface area contributed by atoms with Gasteiger partial charge in [0.25, 0.3) is 5.56 Å². The molecule has 66 valence electrons. The van der Waals surface area contributed by atoms with E-state index in [1.165, 1.54) is 10.6 Å². The quantitative estimate of drug-likeness (QED) is 0.713. The van der Waals surface area contributed by atoms with E-state index in [-0.39, 0.29) is 12.2 Å². The first-order chi connectivity index (χ1) is 5.74. The lowest BCUT2D eigenvalue weighted by molar-refractivity contribution is 0.278. The zero-order valence-electron chi connectivity index (χ0n) is 6.53. The molecule has 1 N–H and O–H groups in total. The third-order valence-electron chi connectivity index (χ3n) is 1.50. The smallest absolute Gasteiger partial charge is 0.250 e. The molecule has 0 aliphatic rings. The van der Waals surface area contributed by atoms with E-state index in [1.54, 1.807) is 0 Å². The van der Waals surface area contributed by atoms with Crippen LogP contribution in [0.3, 0.4) is 0 Å². The molecule has 0 aromatic carbocycles. The number of aryl methyl sites for hydroxylation is 1. The Morgan fingerprint density at radius 2 is 2.25 bits per heavy atom. The lowest BCUT2D eigenvalue weighted by Crippen LogP contribution is -2.19. The van der Waals surface area contributed by atoms with Gasteiger partial charge in [0.1, 0.15) is 5.82 Å². The van der Waals surface area contributed by atoms with Crippen molar-refractivity contribution in [1.82, 2.24) is 4.57 Å². The molecular weight excluding hydrogens is 161 g/mol. The Labute approximate surface area is 69.1 Å². The molecule has 0 aliphatic carbocycles. The number of rotatable bonds is 3. The van der Waals surface area contributed by atoms with Crippen LogP contribution in [0.2, 0.25) is 0 Å². The average molecular weight is 171 g/mol. The second-order valence-electron chi connectivity index (χ2n) is 2.46. The SMILES string of the molecule is O=c1ccc(F)cn1CCCO. The van der Waals surface area contributed by atoms with Crippen LogP contribution in [0.15, 0.2) is 23.1 Å². The molecule has 0 spiro atoms. The summed E-state index contributed by atoms with van der Waals surface area (Å²) in [5.41, 5.74) is -0.246. The highest BCUT2D eigenvalue weighted by Gasteiger charge is 1.96. The minimum Gasteiger partial charge on any atom is -0.396 e. The van der Waals surface area contributed by atoms with Gasteiger partial charge in [0.05, 0.1) is 0 Å². The molecule has 0 atom stereocenters. The van der Waals surface area contributed by atoms with Crippen molar-refractivity contribution in [2.45, 2.75) is 13.0 Å². The predicted molar refractivity (Wildman–Crippen MR) is 42.4 cm³/mol. The molecule has 12 heavy (non-hydrogen) atoms. The first kappa shape index (κ1) is 8.93. The third-order valence-corrected chi connectivity index (χ3v) is 1.50. The van der Waals surface area contributed by atoms with Gasteiger partial charge in [-0.05, 0) is 12.5 Å². The highest BCUT2D eigenvalue weighted by molar-refractivity contribution is 4.96. The summed E-state index contributed by atoms with van der Waals surface area (Å²) in [4.78, 5) is 11.0. The Hall–Kier alpha value is -1.16. The second-order valence-corrected chi connectivity index (χ2v) is 2.46. The largest absolute Gasteiger partial charge is 0.396 e. The summed E-state index contributed by atoms with van der Waals surface area (Å²) < 4.78 is 13.8. The van der Waals surface area contributed by atoms with Crippen molar-refractivity contribution >= 4 is 0 Å². The van der Waals surface area contributed by atoms with Crippen molar-refractivity contribution in [2.24, 2.45) is 0 Å². The van der Waals surface area contributed by atoms with Crippen molar-refractivity contribution in [3.05, 3.63) is 34.5 Å². The Bertz CT molecular complexity index is 308. The second kappa shape index (κ2) is 4.01. The van der Waals surface area contributed by atoms with Crippen LogP contribution in [0, 0.1) is 5.82 Å². The van der Waals surface area contributed by atoms with Crippen molar-refractivity contribution in [3.8, 4) is 0 Å². The maximum absolute atomic E-state index is 12.6. The van der Waals surface area contributed by atoms with Gasteiger partial charge in [-0.25, -0.2) is 4.39 Å². The normalized spacial score (nSPS) is 10.2. The standard InChI is InChI=1S/C8H10FNO2/c9-7-2-3-8(12)10(6-7)4-1-5-11/h2-3,6,11H,1,4-5H2. The summed E-state index contributed by atoms with van der Waals surface area (Å²) in [6.45, 7) is 0.357. The van der Waals surface area contributed by atoms with E-state index in [9.17, 15) is 9.18 Å². The van der Waals surface area contributed by atoms with E-state index >= 15 is 0 Å². The number of halogens is 1. The number of aromatic nitrogens is 1. The molecule has 0 radical (unpaired) electrons. The number of aliphatic hydroxyl groups is 1. The summed E-state index contributed by atoms with van der Waals surface area (Å²) in [7, 11) is 0. The van der Waals surface area contributed by atoms with Crippen molar-refractivity contribution in [2.75, 3.05) is 6.61 Å². The van der Waals surface area contributed by atoms with E-state index in [1.807, 2.05) is 0 Å². The Morgan fingerprint density at radius 3 is 2.92 bits per heavy atom. The molecule has 0 fully saturated rings.